The molecule has 0 heterocycles. The second-order valence-electron chi connectivity index (χ2n) is 4.36. The van der Waals surface area contributed by atoms with E-state index in [1.807, 2.05) is 0 Å². The molecule has 1 aromatic rings. The third-order valence-electron chi connectivity index (χ3n) is 2.92. The minimum Gasteiger partial charge on any atom is -0.493 e. The fourth-order valence-corrected chi connectivity index (χ4v) is 1.65. The Labute approximate surface area is 122 Å². The fourth-order valence-electron chi connectivity index (χ4n) is 1.65. The number of carboxylic acids is 1. The molecule has 21 heavy (non-hydrogen) atoms. The molecule has 1 aromatic carbocycles. The van der Waals surface area contributed by atoms with Gasteiger partial charge in [0.05, 0.1) is 27.2 Å². The first-order chi connectivity index (χ1) is 9.94. The molecule has 2 N–H and O–H groups in total. The highest BCUT2D eigenvalue weighted by Crippen LogP contribution is 2.38. The van der Waals surface area contributed by atoms with Crippen molar-refractivity contribution in [2.75, 3.05) is 27.9 Å². The predicted octanol–water partition coefficient (Wildman–Crippen LogP) is 1.16. The summed E-state index contributed by atoms with van der Waals surface area (Å²) in [5.41, 5.74) is 0.294. The van der Waals surface area contributed by atoms with E-state index in [9.17, 15) is 9.59 Å². The second-order valence-corrected chi connectivity index (χ2v) is 4.36. The van der Waals surface area contributed by atoms with Gasteiger partial charge in [-0.25, -0.2) is 0 Å². The van der Waals surface area contributed by atoms with Crippen LogP contribution in [-0.4, -0.2) is 44.9 Å². The lowest BCUT2D eigenvalue weighted by Gasteiger charge is -2.14. The van der Waals surface area contributed by atoms with E-state index in [4.69, 9.17) is 19.3 Å². The van der Waals surface area contributed by atoms with Crippen LogP contribution in [0.25, 0.3) is 0 Å². The normalized spacial score (nSPS) is 11.4. The van der Waals surface area contributed by atoms with Crippen LogP contribution in [-0.2, 0) is 4.79 Å². The number of benzene rings is 1. The van der Waals surface area contributed by atoms with Crippen LogP contribution in [0.5, 0.6) is 17.2 Å². The number of ether oxygens (including phenoxy) is 3. The minimum absolute atomic E-state index is 0.0326. The van der Waals surface area contributed by atoms with Gasteiger partial charge in [0.1, 0.15) is 0 Å². The van der Waals surface area contributed by atoms with Gasteiger partial charge in [-0.1, -0.05) is 6.92 Å². The lowest BCUT2D eigenvalue weighted by molar-refractivity contribution is -0.140. The number of methoxy groups -OCH3 is 3. The van der Waals surface area contributed by atoms with Crippen molar-refractivity contribution >= 4 is 11.9 Å². The number of carboxylic acid groups (broad SMARTS) is 1. The summed E-state index contributed by atoms with van der Waals surface area (Å²) in [6, 6.07) is 3.00. The van der Waals surface area contributed by atoms with Crippen molar-refractivity contribution in [3.05, 3.63) is 17.7 Å². The standard InChI is InChI=1S/C14H19NO6/c1-8(14(17)18)7-15-13(16)9-5-10(19-2)12(21-4)11(6-9)20-3/h5-6,8H,7H2,1-4H3,(H,15,16)(H,17,18). The third-order valence-corrected chi connectivity index (χ3v) is 2.92. The van der Waals surface area contributed by atoms with Crippen molar-refractivity contribution in [3.63, 3.8) is 0 Å². The van der Waals surface area contributed by atoms with E-state index in [0.717, 1.165) is 0 Å². The quantitative estimate of drug-likeness (QED) is 0.784. The van der Waals surface area contributed by atoms with Crippen LogP contribution >= 0.6 is 0 Å². The SMILES string of the molecule is COc1cc(C(=O)NCC(C)C(=O)O)cc(OC)c1OC. The summed E-state index contributed by atoms with van der Waals surface area (Å²) in [6.45, 7) is 1.54. The molecule has 0 aliphatic rings. The second kappa shape index (κ2) is 7.37. The van der Waals surface area contributed by atoms with E-state index in [1.165, 1.54) is 40.4 Å². The summed E-state index contributed by atoms with van der Waals surface area (Å²) in [5, 5.41) is 11.3. The van der Waals surface area contributed by atoms with Crippen molar-refractivity contribution in [1.82, 2.24) is 5.32 Å². The molecular weight excluding hydrogens is 278 g/mol. The summed E-state index contributed by atoms with van der Waals surface area (Å²) in [4.78, 5) is 22.8. The zero-order valence-electron chi connectivity index (χ0n) is 12.4. The van der Waals surface area contributed by atoms with Gasteiger partial charge in [-0.3, -0.25) is 9.59 Å². The minimum atomic E-state index is -0.972. The van der Waals surface area contributed by atoms with Crippen molar-refractivity contribution in [2.45, 2.75) is 6.92 Å². The molecule has 0 spiro atoms. The van der Waals surface area contributed by atoms with E-state index < -0.39 is 17.8 Å². The molecule has 0 aromatic heterocycles. The lowest BCUT2D eigenvalue weighted by atomic mass is 10.1. The van der Waals surface area contributed by atoms with E-state index in [0.29, 0.717) is 22.8 Å². The van der Waals surface area contributed by atoms with Crippen LogP contribution in [0.15, 0.2) is 12.1 Å². The number of carbonyl (C=O) groups is 2. The molecule has 1 amide bonds. The molecule has 0 radical (unpaired) electrons. The molecule has 7 heteroatoms. The Morgan fingerprint density at radius 2 is 1.67 bits per heavy atom. The van der Waals surface area contributed by atoms with Crippen LogP contribution in [0.2, 0.25) is 0 Å². The Morgan fingerprint density at radius 1 is 1.14 bits per heavy atom. The molecule has 1 rings (SSSR count). The Hall–Kier alpha value is -2.44. The maximum atomic E-state index is 12.1. The first-order valence-electron chi connectivity index (χ1n) is 6.25. The van der Waals surface area contributed by atoms with Gasteiger partial charge in [0.25, 0.3) is 5.91 Å². The summed E-state index contributed by atoms with van der Waals surface area (Å²) in [5.74, 6) is -0.962. The first kappa shape index (κ1) is 16.6. The summed E-state index contributed by atoms with van der Waals surface area (Å²) < 4.78 is 15.5. The molecule has 0 saturated carbocycles. The highest BCUT2D eigenvalue weighted by molar-refractivity contribution is 5.95. The molecule has 0 bridgehead atoms. The van der Waals surface area contributed by atoms with Crippen LogP contribution in [0.4, 0.5) is 0 Å². The number of nitrogens with one attached hydrogen (secondary N) is 1. The first-order valence-corrected chi connectivity index (χ1v) is 6.25. The number of carbonyl (C=O) groups excluding carboxylic acids is 1. The lowest BCUT2D eigenvalue weighted by Crippen LogP contribution is -2.31. The van der Waals surface area contributed by atoms with Gasteiger partial charge in [-0.2, -0.15) is 0 Å². The monoisotopic (exact) mass is 297 g/mol. The molecular formula is C14H19NO6. The van der Waals surface area contributed by atoms with Crippen LogP contribution < -0.4 is 19.5 Å². The van der Waals surface area contributed by atoms with E-state index >= 15 is 0 Å². The number of hydrogen-bond donors (Lipinski definition) is 2. The van der Waals surface area contributed by atoms with Gasteiger partial charge < -0.3 is 24.6 Å². The van der Waals surface area contributed by atoms with E-state index in [2.05, 4.69) is 5.32 Å². The van der Waals surface area contributed by atoms with Crippen LogP contribution in [0.1, 0.15) is 17.3 Å². The molecule has 0 aliphatic heterocycles. The average molecular weight is 297 g/mol. The highest BCUT2D eigenvalue weighted by Gasteiger charge is 2.18. The summed E-state index contributed by atoms with van der Waals surface area (Å²) >= 11 is 0. The van der Waals surface area contributed by atoms with E-state index in [1.54, 1.807) is 0 Å². The molecule has 1 unspecified atom stereocenters. The van der Waals surface area contributed by atoms with Gasteiger partial charge >= 0.3 is 5.97 Å². The van der Waals surface area contributed by atoms with Gasteiger partial charge in [0.15, 0.2) is 11.5 Å². The maximum Gasteiger partial charge on any atom is 0.308 e. The molecule has 0 aliphatic carbocycles. The third kappa shape index (κ3) is 4.01. The number of amides is 1. The van der Waals surface area contributed by atoms with Gasteiger partial charge in [0.2, 0.25) is 5.75 Å². The van der Waals surface area contributed by atoms with Gasteiger partial charge in [0, 0.05) is 12.1 Å². The summed E-state index contributed by atoms with van der Waals surface area (Å²) in [7, 11) is 4.37. The van der Waals surface area contributed by atoms with Crippen LogP contribution in [0.3, 0.4) is 0 Å². The molecule has 0 saturated heterocycles. The molecule has 7 nitrogen and oxygen atoms in total. The Balaban J connectivity index is 2.97. The Morgan fingerprint density at radius 3 is 2.05 bits per heavy atom. The van der Waals surface area contributed by atoms with Crippen molar-refractivity contribution < 1.29 is 28.9 Å². The Kier molecular flexibility index (Phi) is 5.83. The molecule has 1 atom stereocenters. The number of rotatable bonds is 7. The predicted molar refractivity (Wildman–Crippen MR) is 75.2 cm³/mol. The smallest absolute Gasteiger partial charge is 0.308 e. The van der Waals surface area contributed by atoms with Crippen molar-refractivity contribution in [1.29, 1.82) is 0 Å². The molecule has 0 fully saturated rings. The summed E-state index contributed by atoms with van der Waals surface area (Å²) in [6.07, 6.45) is 0. The maximum absolute atomic E-state index is 12.1. The van der Waals surface area contributed by atoms with Crippen molar-refractivity contribution in [2.24, 2.45) is 5.92 Å². The van der Waals surface area contributed by atoms with Crippen LogP contribution in [0, 0.1) is 5.92 Å². The average Bonchev–Trinajstić information content (AvgIpc) is 2.50. The highest BCUT2D eigenvalue weighted by atomic mass is 16.5. The fraction of sp³-hybridized carbons (Fsp3) is 0.429. The van der Waals surface area contributed by atoms with Gasteiger partial charge in [-0.15, -0.1) is 0 Å². The molecule has 116 valence electrons. The zero-order chi connectivity index (χ0) is 16.0. The number of hydrogen-bond acceptors (Lipinski definition) is 5. The van der Waals surface area contributed by atoms with Gasteiger partial charge in [-0.05, 0) is 12.1 Å². The van der Waals surface area contributed by atoms with Crippen molar-refractivity contribution in [3.8, 4) is 17.2 Å². The zero-order valence-corrected chi connectivity index (χ0v) is 12.4. The van der Waals surface area contributed by atoms with E-state index in [-0.39, 0.29) is 6.54 Å². The number of aliphatic carboxylic acids is 1. The largest absolute Gasteiger partial charge is 0.493 e. The topological polar surface area (TPSA) is 94.1 Å². The Bertz CT molecular complexity index is 503.